The number of phenolic OH excluding ortho intramolecular Hbond substituents is 3. The molecule has 0 fully saturated rings. The van der Waals surface area contributed by atoms with Crippen LogP contribution in [0.4, 0.5) is 0 Å². The molecule has 1 aliphatic carbocycles. The van der Waals surface area contributed by atoms with E-state index < -0.39 is 0 Å². The van der Waals surface area contributed by atoms with Crippen LogP contribution in [0.25, 0.3) is 10.8 Å². The number of rotatable bonds is 0. The molecular formula is C14H12O3. The number of fused-ring (bicyclic) bond motifs is 2. The fourth-order valence-electron chi connectivity index (χ4n) is 2.43. The van der Waals surface area contributed by atoms with E-state index >= 15 is 0 Å². The van der Waals surface area contributed by atoms with Gasteiger partial charge in [-0.3, -0.25) is 0 Å². The van der Waals surface area contributed by atoms with Crippen molar-refractivity contribution in [2.24, 2.45) is 0 Å². The lowest BCUT2D eigenvalue weighted by Gasteiger charge is -2.17. The van der Waals surface area contributed by atoms with E-state index in [-0.39, 0.29) is 17.2 Å². The van der Waals surface area contributed by atoms with Gasteiger partial charge in [-0.15, -0.1) is 0 Å². The van der Waals surface area contributed by atoms with Crippen LogP contribution in [0.15, 0.2) is 30.4 Å². The van der Waals surface area contributed by atoms with Gasteiger partial charge in [0.25, 0.3) is 0 Å². The Hall–Kier alpha value is -2.16. The topological polar surface area (TPSA) is 60.7 Å². The van der Waals surface area contributed by atoms with Gasteiger partial charge in [-0.25, -0.2) is 0 Å². The molecule has 1 aliphatic rings. The van der Waals surface area contributed by atoms with Gasteiger partial charge in [-0.2, -0.15) is 0 Å². The first-order valence-corrected chi connectivity index (χ1v) is 5.52. The van der Waals surface area contributed by atoms with E-state index in [2.05, 4.69) is 0 Å². The molecule has 0 heterocycles. The molecule has 0 aliphatic heterocycles. The number of hydrogen-bond donors (Lipinski definition) is 3. The van der Waals surface area contributed by atoms with Crippen molar-refractivity contribution < 1.29 is 15.3 Å². The average molecular weight is 228 g/mol. The van der Waals surface area contributed by atoms with Gasteiger partial charge >= 0.3 is 0 Å². The molecule has 0 radical (unpaired) electrons. The zero-order valence-corrected chi connectivity index (χ0v) is 9.14. The van der Waals surface area contributed by atoms with Crippen molar-refractivity contribution in [1.29, 1.82) is 0 Å². The second kappa shape index (κ2) is 3.42. The molecule has 2 aromatic rings. The van der Waals surface area contributed by atoms with Crippen LogP contribution in [0.1, 0.15) is 11.1 Å². The van der Waals surface area contributed by atoms with Gasteiger partial charge in [0.05, 0.1) is 5.39 Å². The standard InChI is InChI=1S/C14H12O3/c15-11-7-3-6-10-12(11)14(17)9-5-2-1-4-8(9)13(10)16/h1-3,6-7,15-17H,4-5H2. The molecule has 17 heavy (non-hydrogen) atoms. The van der Waals surface area contributed by atoms with E-state index in [0.29, 0.717) is 29.2 Å². The highest BCUT2D eigenvalue weighted by Crippen LogP contribution is 2.44. The normalized spacial score (nSPS) is 13.9. The van der Waals surface area contributed by atoms with Gasteiger partial charge in [-0.05, 0) is 18.9 Å². The van der Waals surface area contributed by atoms with Gasteiger partial charge < -0.3 is 15.3 Å². The zero-order chi connectivity index (χ0) is 12.0. The van der Waals surface area contributed by atoms with Crippen molar-refractivity contribution in [3.05, 3.63) is 41.5 Å². The molecular weight excluding hydrogens is 216 g/mol. The quantitative estimate of drug-likeness (QED) is 0.480. The van der Waals surface area contributed by atoms with Gasteiger partial charge in [0, 0.05) is 16.5 Å². The van der Waals surface area contributed by atoms with Gasteiger partial charge in [0.2, 0.25) is 0 Å². The fraction of sp³-hybridized carbons (Fsp3) is 0.143. The molecule has 0 spiro atoms. The summed E-state index contributed by atoms with van der Waals surface area (Å²) in [6.07, 6.45) is 5.11. The van der Waals surface area contributed by atoms with E-state index in [9.17, 15) is 15.3 Å². The molecule has 0 saturated heterocycles. The van der Waals surface area contributed by atoms with Crippen molar-refractivity contribution >= 4 is 10.8 Å². The number of aromatic hydroxyl groups is 3. The SMILES string of the molecule is Oc1c2c(c(O)c3c(O)cccc13)CC=CC2. The Balaban J connectivity index is 2.50. The fourth-order valence-corrected chi connectivity index (χ4v) is 2.43. The van der Waals surface area contributed by atoms with Crippen molar-refractivity contribution in [3.63, 3.8) is 0 Å². The van der Waals surface area contributed by atoms with Gasteiger partial charge in [0.1, 0.15) is 17.2 Å². The van der Waals surface area contributed by atoms with Crippen LogP contribution in [0.3, 0.4) is 0 Å². The molecule has 0 amide bonds. The van der Waals surface area contributed by atoms with Crippen LogP contribution in [-0.2, 0) is 12.8 Å². The minimum atomic E-state index is -0.00680. The van der Waals surface area contributed by atoms with Crippen LogP contribution in [-0.4, -0.2) is 15.3 Å². The number of benzene rings is 2. The Morgan fingerprint density at radius 3 is 2.18 bits per heavy atom. The maximum Gasteiger partial charge on any atom is 0.131 e. The molecule has 2 aromatic carbocycles. The van der Waals surface area contributed by atoms with Crippen LogP contribution >= 0.6 is 0 Å². The van der Waals surface area contributed by atoms with Gasteiger partial charge in [0.15, 0.2) is 0 Å². The summed E-state index contributed by atoms with van der Waals surface area (Å²) in [6.45, 7) is 0. The maximum absolute atomic E-state index is 10.2. The molecule has 3 nitrogen and oxygen atoms in total. The summed E-state index contributed by atoms with van der Waals surface area (Å²) in [6, 6.07) is 4.86. The minimum absolute atomic E-state index is 0.00680. The first-order chi connectivity index (χ1) is 8.20. The molecule has 0 aromatic heterocycles. The largest absolute Gasteiger partial charge is 0.507 e. The molecule has 3 heteroatoms. The molecule has 3 rings (SSSR count). The Bertz CT molecular complexity index is 642. The summed E-state index contributed by atoms with van der Waals surface area (Å²) >= 11 is 0. The lowest BCUT2D eigenvalue weighted by molar-refractivity contribution is 0.450. The van der Waals surface area contributed by atoms with Crippen molar-refractivity contribution in [1.82, 2.24) is 0 Å². The van der Waals surface area contributed by atoms with Crippen molar-refractivity contribution in [2.75, 3.05) is 0 Å². The van der Waals surface area contributed by atoms with E-state index in [1.165, 1.54) is 6.07 Å². The van der Waals surface area contributed by atoms with E-state index in [1.54, 1.807) is 12.1 Å². The summed E-state index contributed by atoms with van der Waals surface area (Å²) < 4.78 is 0. The van der Waals surface area contributed by atoms with Crippen LogP contribution in [0, 0.1) is 0 Å². The van der Waals surface area contributed by atoms with Gasteiger partial charge in [-0.1, -0.05) is 24.3 Å². The second-order valence-corrected chi connectivity index (χ2v) is 4.23. The highest BCUT2D eigenvalue weighted by atomic mass is 16.3. The van der Waals surface area contributed by atoms with Crippen LogP contribution < -0.4 is 0 Å². The predicted molar refractivity (Wildman–Crippen MR) is 65.5 cm³/mol. The first kappa shape index (κ1) is 10.0. The Kier molecular flexibility index (Phi) is 2.01. The minimum Gasteiger partial charge on any atom is -0.507 e. The Morgan fingerprint density at radius 1 is 0.824 bits per heavy atom. The predicted octanol–water partition coefficient (Wildman–Crippen LogP) is 2.61. The van der Waals surface area contributed by atoms with E-state index in [1.807, 2.05) is 12.2 Å². The third-order valence-corrected chi connectivity index (χ3v) is 3.28. The van der Waals surface area contributed by atoms with E-state index in [4.69, 9.17) is 0 Å². The molecule has 0 bridgehead atoms. The molecule has 3 N–H and O–H groups in total. The lowest BCUT2D eigenvalue weighted by Crippen LogP contribution is -1.99. The maximum atomic E-state index is 10.2. The van der Waals surface area contributed by atoms with Crippen molar-refractivity contribution in [3.8, 4) is 17.2 Å². The third kappa shape index (κ3) is 1.29. The number of allylic oxidation sites excluding steroid dienone is 2. The van der Waals surface area contributed by atoms with Crippen LogP contribution in [0.2, 0.25) is 0 Å². The van der Waals surface area contributed by atoms with Crippen molar-refractivity contribution in [2.45, 2.75) is 12.8 Å². The Labute approximate surface area is 98.3 Å². The molecule has 0 saturated carbocycles. The molecule has 0 atom stereocenters. The monoisotopic (exact) mass is 228 g/mol. The number of hydrogen-bond acceptors (Lipinski definition) is 3. The summed E-state index contributed by atoms with van der Waals surface area (Å²) in [5.41, 5.74) is 1.46. The summed E-state index contributed by atoms with van der Waals surface area (Å²) in [7, 11) is 0. The third-order valence-electron chi connectivity index (χ3n) is 3.28. The lowest BCUT2D eigenvalue weighted by atomic mass is 9.90. The summed E-state index contributed by atoms with van der Waals surface area (Å²) in [5, 5.41) is 31.0. The average Bonchev–Trinajstić information content (AvgIpc) is 2.36. The Morgan fingerprint density at radius 2 is 1.47 bits per heavy atom. The van der Waals surface area contributed by atoms with Crippen LogP contribution in [0.5, 0.6) is 17.2 Å². The summed E-state index contributed by atoms with van der Waals surface area (Å²) in [5.74, 6) is 0.232. The smallest absolute Gasteiger partial charge is 0.131 e. The van der Waals surface area contributed by atoms with E-state index in [0.717, 1.165) is 5.56 Å². The second-order valence-electron chi connectivity index (χ2n) is 4.23. The molecule has 86 valence electrons. The number of phenols is 3. The highest BCUT2D eigenvalue weighted by molar-refractivity contribution is 5.99. The first-order valence-electron chi connectivity index (χ1n) is 5.52. The highest BCUT2D eigenvalue weighted by Gasteiger charge is 2.20. The molecule has 0 unspecified atom stereocenters. The summed E-state index contributed by atoms with van der Waals surface area (Å²) in [4.78, 5) is 0. The zero-order valence-electron chi connectivity index (χ0n) is 9.14.